The number of aromatic hydroxyl groups is 1. The van der Waals surface area contributed by atoms with Crippen LogP contribution in [0, 0.1) is 0 Å². The Labute approximate surface area is 260 Å². The second-order valence-electron chi connectivity index (χ2n) is 11.0. The lowest BCUT2D eigenvalue weighted by atomic mass is 9.87. The Morgan fingerprint density at radius 3 is 2.76 bits per heavy atom. The highest BCUT2D eigenvalue weighted by molar-refractivity contribution is 6.05. The number of phenols is 1. The number of nitrogens with one attached hydrogen (secondary N) is 1. The Hall–Kier alpha value is -5.57. The Morgan fingerprint density at radius 1 is 1.02 bits per heavy atom. The zero-order chi connectivity index (χ0) is 30.9. The molecular weight excluding hydrogens is 570 g/mol. The molecule has 0 saturated heterocycles. The van der Waals surface area contributed by atoms with Gasteiger partial charge >= 0.3 is 0 Å². The minimum atomic E-state index is -0.428. The van der Waals surface area contributed by atoms with Crippen molar-refractivity contribution >= 4 is 22.6 Å². The molecule has 4 aromatic carbocycles. The van der Waals surface area contributed by atoms with Crippen molar-refractivity contribution in [2.45, 2.75) is 18.9 Å². The van der Waals surface area contributed by atoms with Crippen LogP contribution in [0.1, 0.15) is 50.0 Å². The number of methoxy groups -OCH3 is 1. The van der Waals surface area contributed by atoms with Gasteiger partial charge in [-0.3, -0.25) is 14.6 Å². The Balaban J connectivity index is 1.35. The molecule has 1 unspecified atom stereocenters. The molecule has 3 aliphatic rings. The summed E-state index contributed by atoms with van der Waals surface area (Å²) in [5.74, 6) is 1.41. The highest BCUT2D eigenvalue weighted by Gasteiger charge is 2.34. The SMILES string of the molecule is COc1ccc2cc1OCCCNC(=O)c1cc(ccc1O)Oc1ccc3c(c1)CCN(C(=O)c1nccc4ccccc14)C23. The van der Waals surface area contributed by atoms with E-state index in [0.717, 1.165) is 27.5 Å². The van der Waals surface area contributed by atoms with Gasteiger partial charge in [-0.2, -0.15) is 0 Å². The lowest BCUT2D eigenvalue weighted by Gasteiger charge is -2.38. The van der Waals surface area contributed by atoms with Crippen molar-refractivity contribution in [1.82, 2.24) is 15.2 Å². The molecule has 0 saturated carbocycles. The number of nitrogens with zero attached hydrogens (tertiary/aromatic N) is 2. The molecule has 8 bridgehead atoms. The summed E-state index contributed by atoms with van der Waals surface area (Å²) in [7, 11) is 1.58. The zero-order valence-electron chi connectivity index (χ0n) is 24.7. The molecule has 9 nitrogen and oxygen atoms in total. The van der Waals surface area contributed by atoms with Crippen LogP contribution in [-0.2, 0) is 6.42 Å². The van der Waals surface area contributed by atoms with Crippen LogP contribution in [0.15, 0.2) is 91.1 Å². The summed E-state index contributed by atoms with van der Waals surface area (Å²) < 4.78 is 17.9. The molecular formula is C36H31N3O6. The standard InChI is InChI=1S/C36H31N3O6/c1-43-31-12-7-24-20-32(31)44-18-4-15-38-35(41)29-21-26(9-11-30(29)40)45-25-8-10-28-23(19-25)14-17-39(34(24)28)36(42)33-27-6-3-2-5-22(27)13-16-37-33/h2-3,5-13,16,19-21,34,40H,4,14-15,17-18H2,1H3,(H,38,41). The van der Waals surface area contributed by atoms with Crippen LogP contribution in [-0.4, -0.2) is 53.6 Å². The smallest absolute Gasteiger partial charge is 0.273 e. The molecule has 2 amide bonds. The molecule has 2 N–H and O–H groups in total. The molecule has 1 atom stereocenters. The van der Waals surface area contributed by atoms with Gasteiger partial charge in [0, 0.05) is 24.7 Å². The van der Waals surface area contributed by atoms with E-state index in [4.69, 9.17) is 14.2 Å². The van der Waals surface area contributed by atoms with E-state index in [1.165, 1.54) is 12.1 Å². The minimum absolute atomic E-state index is 0.123. The van der Waals surface area contributed by atoms with Gasteiger partial charge in [-0.15, -0.1) is 0 Å². The third-order valence-electron chi connectivity index (χ3n) is 8.30. The summed E-state index contributed by atoms with van der Waals surface area (Å²) in [6.07, 6.45) is 2.79. The average molecular weight is 602 g/mol. The van der Waals surface area contributed by atoms with Crippen LogP contribution in [0.2, 0.25) is 0 Å². The van der Waals surface area contributed by atoms with Crippen molar-refractivity contribution in [2.75, 3.05) is 26.8 Å². The average Bonchev–Trinajstić information content (AvgIpc) is 3.07. The summed E-state index contributed by atoms with van der Waals surface area (Å²) in [4.78, 5) is 33.6. The maximum Gasteiger partial charge on any atom is 0.273 e. The van der Waals surface area contributed by atoms with E-state index in [2.05, 4.69) is 10.3 Å². The topological polar surface area (TPSA) is 110 Å². The van der Waals surface area contributed by atoms with E-state index in [1.807, 2.05) is 71.6 Å². The van der Waals surface area contributed by atoms with Crippen LogP contribution in [0.25, 0.3) is 10.8 Å². The fourth-order valence-corrected chi connectivity index (χ4v) is 6.10. The van der Waals surface area contributed by atoms with Crippen LogP contribution in [0.4, 0.5) is 0 Å². The van der Waals surface area contributed by atoms with Gasteiger partial charge in [-0.25, -0.2) is 0 Å². The quantitative estimate of drug-likeness (QED) is 0.254. The van der Waals surface area contributed by atoms with E-state index >= 15 is 0 Å². The number of fused-ring (bicyclic) bond motifs is 7. The van der Waals surface area contributed by atoms with Gasteiger partial charge in [-0.1, -0.05) is 36.4 Å². The third kappa shape index (κ3) is 5.37. The van der Waals surface area contributed by atoms with Crippen molar-refractivity contribution in [3.63, 3.8) is 0 Å². The number of rotatable bonds is 2. The monoisotopic (exact) mass is 601 g/mol. The predicted molar refractivity (Wildman–Crippen MR) is 168 cm³/mol. The van der Waals surface area contributed by atoms with E-state index in [-0.39, 0.29) is 17.2 Å². The summed E-state index contributed by atoms with van der Waals surface area (Å²) in [6, 6.07) is 25.4. The largest absolute Gasteiger partial charge is 0.507 e. The molecule has 45 heavy (non-hydrogen) atoms. The lowest BCUT2D eigenvalue weighted by molar-refractivity contribution is 0.0690. The van der Waals surface area contributed by atoms with Crippen LogP contribution in [0.5, 0.6) is 28.7 Å². The third-order valence-corrected chi connectivity index (χ3v) is 8.30. The predicted octanol–water partition coefficient (Wildman–Crippen LogP) is 6.04. The number of phenolic OH excluding ortho intramolecular Hbond substituents is 1. The molecule has 5 aromatic rings. The number of pyridine rings is 1. The van der Waals surface area contributed by atoms with Crippen LogP contribution < -0.4 is 19.5 Å². The van der Waals surface area contributed by atoms with Gasteiger partial charge in [-0.05, 0) is 83.4 Å². The number of amides is 2. The second kappa shape index (κ2) is 11.8. The number of hydrogen-bond donors (Lipinski definition) is 2. The van der Waals surface area contributed by atoms with Gasteiger partial charge in [0.2, 0.25) is 0 Å². The molecule has 226 valence electrons. The Kier molecular flexibility index (Phi) is 7.42. The number of aromatic nitrogens is 1. The fraction of sp³-hybridized carbons (Fsp3) is 0.194. The number of benzene rings is 4. The number of carbonyl (C=O) groups excluding carboxylic acids is 2. The van der Waals surface area contributed by atoms with Crippen LogP contribution in [0.3, 0.4) is 0 Å². The molecule has 0 aliphatic carbocycles. The first-order valence-corrected chi connectivity index (χ1v) is 14.9. The molecule has 0 fully saturated rings. The van der Waals surface area contributed by atoms with E-state index in [9.17, 15) is 14.7 Å². The molecule has 0 radical (unpaired) electrons. The van der Waals surface area contributed by atoms with Crippen molar-refractivity contribution in [3.05, 3.63) is 119 Å². The highest BCUT2D eigenvalue weighted by atomic mass is 16.5. The first-order valence-electron chi connectivity index (χ1n) is 14.9. The van der Waals surface area contributed by atoms with Crippen molar-refractivity contribution < 1.29 is 28.9 Å². The molecule has 4 heterocycles. The van der Waals surface area contributed by atoms with Gasteiger partial charge < -0.3 is 29.5 Å². The number of hydrogen-bond acceptors (Lipinski definition) is 7. The van der Waals surface area contributed by atoms with Gasteiger partial charge in [0.25, 0.3) is 11.8 Å². The normalized spacial score (nSPS) is 16.2. The summed E-state index contributed by atoms with van der Waals surface area (Å²) >= 11 is 0. The Morgan fingerprint density at radius 2 is 1.87 bits per heavy atom. The van der Waals surface area contributed by atoms with Crippen molar-refractivity contribution in [1.29, 1.82) is 0 Å². The fourth-order valence-electron chi connectivity index (χ4n) is 6.10. The summed E-state index contributed by atoms with van der Waals surface area (Å²) in [5, 5.41) is 14.9. The van der Waals surface area contributed by atoms with E-state index in [1.54, 1.807) is 19.4 Å². The highest BCUT2D eigenvalue weighted by Crippen LogP contribution is 2.41. The maximum atomic E-state index is 14.4. The molecule has 8 rings (SSSR count). The van der Waals surface area contributed by atoms with E-state index < -0.39 is 11.9 Å². The number of carbonyl (C=O) groups is 2. The first-order chi connectivity index (χ1) is 22.0. The van der Waals surface area contributed by atoms with Crippen molar-refractivity contribution in [3.8, 4) is 28.7 Å². The molecule has 9 heteroatoms. The van der Waals surface area contributed by atoms with Gasteiger partial charge in [0.1, 0.15) is 22.9 Å². The zero-order valence-corrected chi connectivity index (χ0v) is 24.7. The summed E-state index contributed by atoms with van der Waals surface area (Å²) in [5.41, 5.74) is 3.39. The molecule has 0 spiro atoms. The first kappa shape index (κ1) is 28.2. The maximum absolute atomic E-state index is 14.4. The number of ether oxygens (including phenoxy) is 3. The summed E-state index contributed by atoms with van der Waals surface area (Å²) in [6.45, 7) is 1.09. The van der Waals surface area contributed by atoms with Crippen LogP contribution >= 0.6 is 0 Å². The lowest BCUT2D eigenvalue weighted by Crippen LogP contribution is -2.41. The molecule has 3 aliphatic heterocycles. The minimum Gasteiger partial charge on any atom is -0.507 e. The van der Waals surface area contributed by atoms with Gasteiger partial charge in [0.15, 0.2) is 11.5 Å². The molecule has 1 aromatic heterocycles. The van der Waals surface area contributed by atoms with Crippen molar-refractivity contribution in [2.24, 2.45) is 0 Å². The second-order valence-corrected chi connectivity index (χ2v) is 11.0. The van der Waals surface area contributed by atoms with E-state index in [0.29, 0.717) is 61.2 Å². The van der Waals surface area contributed by atoms with Gasteiger partial charge in [0.05, 0.1) is 25.3 Å². The Bertz CT molecular complexity index is 1940.